The van der Waals surface area contributed by atoms with Crippen LogP contribution >= 0.6 is 22.6 Å². The van der Waals surface area contributed by atoms with E-state index in [2.05, 4.69) is 43.9 Å². The lowest BCUT2D eigenvalue weighted by molar-refractivity contribution is -0.161. The molecule has 2 aromatic rings. The predicted molar refractivity (Wildman–Crippen MR) is 212 cm³/mol. The lowest BCUT2D eigenvalue weighted by atomic mass is 10.0. The summed E-state index contributed by atoms with van der Waals surface area (Å²) < 4.78 is 41.4. The van der Waals surface area contributed by atoms with Crippen molar-refractivity contribution in [2.75, 3.05) is 38.8 Å². The van der Waals surface area contributed by atoms with Crippen molar-refractivity contribution >= 4 is 63.9 Å². The molecule has 3 aliphatic rings. The molecular formula is C39H50F2IN7O8. The Bertz CT molecular complexity index is 1800. The summed E-state index contributed by atoms with van der Waals surface area (Å²) in [6, 6.07) is 3.02. The van der Waals surface area contributed by atoms with Crippen molar-refractivity contribution in [1.82, 2.24) is 30.7 Å². The summed E-state index contributed by atoms with van der Waals surface area (Å²) >= 11 is 2.11. The normalized spacial score (nSPS) is 27.3. The van der Waals surface area contributed by atoms with E-state index in [9.17, 15) is 37.5 Å². The van der Waals surface area contributed by atoms with Crippen LogP contribution in [0.15, 0.2) is 42.5 Å². The van der Waals surface area contributed by atoms with Gasteiger partial charge >= 0.3 is 12.0 Å². The highest BCUT2D eigenvalue weighted by atomic mass is 127. The van der Waals surface area contributed by atoms with Gasteiger partial charge in [-0.3, -0.25) is 24.1 Å². The topological polar surface area (TPSA) is 179 Å². The van der Waals surface area contributed by atoms with E-state index in [1.165, 1.54) is 23.8 Å². The van der Waals surface area contributed by atoms with Crippen molar-refractivity contribution in [2.45, 2.75) is 95.7 Å². The molecule has 3 saturated heterocycles. The second-order valence-electron chi connectivity index (χ2n) is 15.1. The molecule has 1 unspecified atom stereocenters. The second-order valence-corrected chi connectivity index (χ2v) is 16.3. The molecule has 18 heteroatoms. The summed E-state index contributed by atoms with van der Waals surface area (Å²) in [5, 5.41) is 10.8. The third kappa shape index (κ3) is 11.4. The molecule has 2 aromatic carbocycles. The molecule has 0 aliphatic carbocycles. The van der Waals surface area contributed by atoms with Crippen LogP contribution in [0.5, 0.6) is 0 Å². The summed E-state index contributed by atoms with van der Waals surface area (Å²) in [6.07, 6.45) is 0.124. The summed E-state index contributed by atoms with van der Waals surface area (Å²) in [5.41, 5.74) is 0.531. The van der Waals surface area contributed by atoms with E-state index in [1.54, 1.807) is 38.1 Å². The number of rotatable bonds is 6. The number of hydrogen-bond acceptors (Lipinski definition) is 9. The zero-order chi connectivity index (χ0) is 41.6. The highest BCUT2D eigenvalue weighted by Crippen LogP contribution is 2.26. The van der Waals surface area contributed by atoms with Gasteiger partial charge in [0.25, 0.3) is 0 Å². The highest BCUT2D eigenvalue weighted by Gasteiger charge is 2.43. The van der Waals surface area contributed by atoms with Gasteiger partial charge in [0.05, 0.1) is 25.4 Å². The number of ether oxygens (including phenoxy) is 2. The number of nitrogens with zero attached hydrogens (tertiary/aromatic N) is 3. The number of nitrogens with one attached hydrogen (secondary N) is 4. The third-order valence-electron chi connectivity index (χ3n) is 10.6. The number of amides is 6. The summed E-state index contributed by atoms with van der Waals surface area (Å²) in [5.74, 6) is -4.60. The zero-order valence-corrected chi connectivity index (χ0v) is 34.7. The molecular weight excluding hydrogens is 859 g/mol. The molecule has 57 heavy (non-hydrogen) atoms. The summed E-state index contributed by atoms with van der Waals surface area (Å²) in [6.45, 7) is 7.01. The molecule has 6 amide bonds. The van der Waals surface area contributed by atoms with Crippen LogP contribution in [-0.2, 0) is 39.9 Å². The standard InChI is InChI=1S/C39H50F2IN7O8/c1-21-13-33-38(54)57-24(4)31(19-56-20-48-12-6-7-32(48)37(53)47(5)23(3)34(50)43-22(2)36(52)49(33)18-21)45-35(51)30(16-25-14-26(40)17-27(41)15-25)46-39(55)44-29-10-8-28(42)9-11-29/h8-11,14-15,17,21-24,30-33H,6-7,12-13,16,18-20H2,1-5H3,(H,43,50)(H,45,51)(H2,44,46,55)/t21-,22-,23-,24-,30-,31+,32-,33?/m0/s1. The average molecular weight is 910 g/mol. The van der Waals surface area contributed by atoms with Crippen molar-refractivity contribution in [3.63, 3.8) is 0 Å². The third-order valence-corrected chi connectivity index (χ3v) is 11.3. The van der Waals surface area contributed by atoms with Gasteiger partial charge in [0.15, 0.2) is 0 Å². The molecule has 0 radical (unpaired) electrons. The first-order valence-corrected chi connectivity index (χ1v) is 20.1. The van der Waals surface area contributed by atoms with Crippen LogP contribution in [0, 0.1) is 21.1 Å². The van der Waals surface area contributed by atoms with E-state index in [4.69, 9.17) is 9.47 Å². The van der Waals surface area contributed by atoms with Crippen LogP contribution in [0.25, 0.3) is 0 Å². The van der Waals surface area contributed by atoms with E-state index >= 15 is 0 Å². The van der Waals surface area contributed by atoms with Crippen LogP contribution in [0.1, 0.15) is 52.5 Å². The summed E-state index contributed by atoms with van der Waals surface area (Å²) in [4.78, 5) is 86.2. The van der Waals surface area contributed by atoms with Crippen LogP contribution in [-0.4, -0.2) is 126 Å². The molecule has 0 bridgehead atoms. The molecule has 8 atom stereocenters. The number of esters is 1. The molecule has 5 rings (SSSR count). The summed E-state index contributed by atoms with van der Waals surface area (Å²) in [7, 11) is 1.53. The molecule has 0 aromatic heterocycles. The first-order valence-electron chi connectivity index (χ1n) is 19.0. The average Bonchev–Trinajstić information content (AvgIpc) is 3.79. The van der Waals surface area contributed by atoms with Gasteiger partial charge in [0, 0.05) is 41.9 Å². The fraction of sp³-hybridized carbons (Fsp3) is 0.538. The minimum absolute atomic E-state index is 0.0417. The molecule has 3 aliphatic heterocycles. The van der Waals surface area contributed by atoms with Gasteiger partial charge < -0.3 is 40.5 Å². The minimum atomic E-state index is -1.37. The minimum Gasteiger partial charge on any atom is -0.459 e. The first kappa shape index (κ1) is 43.7. The predicted octanol–water partition coefficient (Wildman–Crippen LogP) is 2.76. The Morgan fingerprint density at radius 3 is 2.35 bits per heavy atom. The number of carbonyl (C=O) groups is 6. The van der Waals surface area contributed by atoms with Crippen LogP contribution in [0.3, 0.4) is 0 Å². The largest absolute Gasteiger partial charge is 0.459 e. The van der Waals surface area contributed by atoms with Crippen LogP contribution in [0.4, 0.5) is 19.3 Å². The van der Waals surface area contributed by atoms with E-state index in [1.807, 2.05) is 11.8 Å². The van der Waals surface area contributed by atoms with E-state index in [0.717, 1.165) is 15.7 Å². The maximum atomic E-state index is 14.2. The van der Waals surface area contributed by atoms with Gasteiger partial charge in [-0.25, -0.2) is 18.4 Å². The van der Waals surface area contributed by atoms with Crippen molar-refractivity contribution in [3.05, 3.63) is 63.2 Å². The number of halogens is 3. The maximum absolute atomic E-state index is 14.2. The van der Waals surface area contributed by atoms with Gasteiger partial charge in [-0.1, -0.05) is 6.92 Å². The number of anilines is 1. The Morgan fingerprint density at radius 1 is 0.982 bits per heavy atom. The fourth-order valence-corrected chi connectivity index (χ4v) is 7.63. The SMILES string of the molecule is C[C@H]1CC2C(=O)O[C@@H](C)[C@H](NC(=O)[C@H](Cc3cc(F)cc(F)c3)NC(=O)Nc3ccc(I)cc3)COCN3CCC[C@H]3C(=O)N(C)[C@@H](C)C(=O)N[C@@H](C)C(=O)N2C1. The number of urea groups is 1. The number of cyclic esters (lactones) is 1. The van der Waals surface area contributed by atoms with Gasteiger partial charge in [0.1, 0.15) is 41.9 Å². The Hall–Kier alpha value is -4.43. The Morgan fingerprint density at radius 2 is 1.67 bits per heavy atom. The first-order chi connectivity index (χ1) is 27.0. The number of likely N-dealkylation sites (N-methyl/N-ethyl adjacent to an activating group) is 1. The van der Waals surface area contributed by atoms with Gasteiger partial charge in [-0.15, -0.1) is 0 Å². The lowest BCUT2D eigenvalue weighted by Crippen LogP contribution is -2.57. The van der Waals surface area contributed by atoms with Crippen molar-refractivity contribution in [3.8, 4) is 0 Å². The maximum Gasteiger partial charge on any atom is 0.329 e. The monoisotopic (exact) mass is 909 g/mol. The molecule has 3 heterocycles. The van der Waals surface area contributed by atoms with E-state index < -0.39 is 83.7 Å². The Kier molecular flexibility index (Phi) is 14.8. The molecule has 3 fully saturated rings. The van der Waals surface area contributed by atoms with Gasteiger partial charge in [-0.2, -0.15) is 0 Å². The van der Waals surface area contributed by atoms with Crippen LogP contribution in [0.2, 0.25) is 0 Å². The smallest absolute Gasteiger partial charge is 0.329 e. The van der Waals surface area contributed by atoms with Crippen molar-refractivity contribution < 1.29 is 47.0 Å². The molecule has 310 valence electrons. The Balaban J connectivity index is 1.41. The highest BCUT2D eigenvalue weighted by molar-refractivity contribution is 14.1. The Labute approximate surface area is 344 Å². The fourth-order valence-electron chi connectivity index (χ4n) is 7.27. The second kappa shape index (κ2) is 19.3. The quantitative estimate of drug-likeness (QED) is 0.251. The van der Waals surface area contributed by atoms with Crippen molar-refractivity contribution in [1.29, 1.82) is 0 Å². The van der Waals surface area contributed by atoms with Crippen molar-refractivity contribution in [2.24, 2.45) is 5.92 Å². The lowest BCUT2D eigenvalue weighted by Gasteiger charge is -2.33. The van der Waals surface area contributed by atoms with Gasteiger partial charge in [0.2, 0.25) is 23.6 Å². The molecule has 4 N–H and O–H groups in total. The number of carbonyl (C=O) groups excluding carboxylic acids is 6. The molecule has 0 saturated carbocycles. The molecule has 0 spiro atoms. The van der Waals surface area contributed by atoms with E-state index in [-0.39, 0.29) is 43.7 Å². The number of fused-ring (bicyclic) bond motifs is 2. The zero-order valence-electron chi connectivity index (χ0n) is 32.6. The number of benzene rings is 2. The van der Waals surface area contributed by atoms with E-state index in [0.29, 0.717) is 37.6 Å². The van der Waals surface area contributed by atoms with Crippen LogP contribution < -0.4 is 21.3 Å². The number of hydrogen-bond donors (Lipinski definition) is 4. The van der Waals surface area contributed by atoms with Gasteiger partial charge in [-0.05, 0) is 111 Å². The molecule has 15 nitrogen and oxygen atoms in total.